The van der Waals surface area contributed by atoms with Crippen molar-refractivity contribution >= 4 is 21.8 Å². The van der Waals surface area contributed by atoms with Gasteiger partial charge in [0.05, 0.1) is 6.54 Å². The highest BCUT2D eigenvalue weighted by molar-refractivity contribution is 7.86. The normalized spacial score (nSPS) is 13.4. The summed E-state index contributed by atoms with van der Waals surface area (Å²) < 4.78 is 49.9. The zero-order valence-corrected chi connectivity index (χ0v) is 11.1. The molecular formula is C8H17ClF2N2O2S. The molecule has 0 atom stereocenters. The Labute approximate surface area is 100 Å². The van der Waals surface area contributed by atoms with Gasteiger partial charge in [-0.1, -0.05) is 0 Å². The van der Waals surface area contributed by atoms with Gasteiger partial charge in [-0.3, -0.25) is 0 Å². The molecule has 16 heavy (non-hydrogen) atoms. The predicted molar refractivity (Wildman–Crippen MR) is 60.1 cm³/mol. The Balaban J connectivity index is 4.89. The summed E-state index contributed by atoms with van der Waals surface area (Å²) in [4.78, 5) is 0. The summed E-state index contributed by atoms with van der Waals surface area (Å²) in [6.45, 7) is 2.38. The lowest BCUT2D eigenvalue weighted by Gasteiger charge is -2.28. The lowest BCUT2D eigenvalue weighted by Crippen LogP contribution is -2.47. The van der Waals surface area contributed by atoms with Gasteiger partial charge in [0.25, 0.3) is 16.6 Å². The van der Waals surface area contributed by atoms with Crippen molar-refractivity contribution in [1.29, 1.82) is 0 Å². The molecule has 0 spiro atoms. The molecule has 0 unspecified atom stereocenters. The number of alkyl halides is 3. The molecule has 0 saturated carbocycles. The molecule has 8 heteroatoms. The Bertz CT molecular complexity index is 298. The summed E-state index contributed by atoms with van der Waals surface area (Å²) >= 11 is 5.40. The molecule has 0 aromatic rings. The van der Waals surface area contributed by atoms with Crippen LogP contribution in [0.5, 0.6) is 0 Å². The summed E-state index contributed by atoms with van der Waals surface area (Å²) in [6.07, 6.45) is -2.71. The monoisotopic (exact) mass is 278 g/mol. The second kappa shape index (κ2) is 6.68. The summed E-state index contributed by atoms with van der Waals surface area (Å²) in [5.41, 5.74) is 0. The zero-order valence-electron chi connectivity index (χ0n) is 9.53. The number of halogens is 3. The number of hydrogen-bond acceptors (Lipinski definition) is 2. The second-order valence-corrected chi connectivity index (χ2v) is 5.92. The minimum absolute atomic E-state index is 0.0160. The van der Waals surface area contributed by atoms with E-state index in [-0.39, 0.29) is 18.5 Å². The minimum Gasteiger partial charge on any atom is -0.209 e. The Morgan fingerprint density at radius 1 is 1.31 bits per heavy atom. The van der Waals surface area contributed by atoms with Crippen molar-refractivity contribution in [3.05, 3.63) is 0 Å². The van der Waals surface area contributed by atoms with Crippen molar-refractivity contribution in [2.45, 2.75) is 26.3 Å². The summed E-state index contributed by atoms with van der Waals surface area (Å²) in [5.74, 6) is -0.0160. The average Bonchev–Trinajstić information content (AvgIpc) is 2.15. The van der Waals surface area contributed by atoms with Gasteiger partial charge in [0, 0.05) is 25.5 Å². The molecule has 0 bridgehead atoms. The molecule has 0 N–H and O–H groups in total. The van der Waals surface area contributed by atoms with E-state index in [2.05, 4.69) is 0 Å². The van der Waals surface area contributed by atoms with E-state index in [4.69, 9.17) is 11.6 Å². The van der Waals surface area contributed by atoms with Crippen molar-refractivity contribution < 1.29 is 17.2 Å². The van der Waals surface area contributed by atoms with E-state index in [9.17, 15) is 17.2 Å². The lowest BCUT2D eigenvalue weighted by atomic mass is 10.4. The smallest absolute Gasteiger partial charge is 0.209 e. The molecule has 0 aliphatic carbocycles. The fourth-order valence-corrected chi connectivity index (χ4v) is 2.82. The van der Waals surface area contributed by atoms with Gasteiger partial charge >= 0.3 is 0 Å². The van der Waals surface area contributed by atoms with Gasteiger partial charge in [-0.25, -0.2) is 8.78 Å². The van der Waals surface area contributed by atoms with Crippen molar-refractivity contribution in [2.24, 2.45) is 0 Å². The van der Waals surface area contributed by atoms with Crippen LogP contribution in [0.2, 0.25) is 0 Å². The number of nitrogens with zero attached hydrogens (tertiary/aromatic N) is 2. The molecule has 0 heterocycles. The Morgan fingerprint density at radius 2 is 1.81 bits per heavy atom. The minimum atomic E-state index is -3.86. The van der Waals surface area contributed by atoms with Crippen LogP contribution in [0.3, 0.4) is 0 Å². The quantitative estimate of drug-likeness (QED) is 0.660. The fourth-order valence-electron chi connectivity index (χ4n) is 0.998. The van der Waals surface area contributed by atoms with Gasteiger partial charge in [-0.15, -0.1) is 11.6 Å². The molecular weight excluding hydrogens is 262 g/mol. The van der Waals surface area contributed by atoms with E-state index in [1.807, 2.05) is 0 Å². The first-order valence-corrected chi connectivity index (χ1v) is 6.73. The zero-order chi connectivity index (χ0) is 12.9. The third kappa shape index (κ3) is 4.48. The first-order chi connectivity index (χ1) is 7.23. The van der Waals surface area contributed by atoms with Crippen LogP contribution in [0.4, 0.5) is 8.78 Å². The summed E-state index contributed by atoms with van der Waals surface area (Å²) in [7, 11) is -2.50. The van der Waals surface area contributed by atoms with E-state index in [0.717, 1.165) is 4.31 Å². The Hall–Kier alpha value is 0.0200. The van der Waals surface area contributed by atoms with E-state index in [1.165, 1.54) is 7.05 Å². The maximum Gasteiger partial charge on any atom is 0.282 e. The molecule has 0 aromatic heterocycles. The van der Waals surface area contributed by atoms with Crippen LogP contribution in [-0.4, -0.2) is 55.5 Å². The molecule has 98 valence electrons. The van der Waals surface area contributed by atoms with E-state index in [0.29, 0.717) is 4.31 Å². The maximum atomic E-state index is 12.2. The van der Waals surface area contributed by atoms with Gasteiger partial charge in [0.2, 0.25) is 0 Å². The first kappa shape index (κ1) is 16.0. The third-order valence-corrected chi connectivity index (χ3v) is 4.40. The highest BCUT2D eigenvalue weighted by Crippen LogP contribution is 2.12. The summed E-state index contributed by atoms with van der Waals surface area (Å²) in [6, 6.07) is -0.291. The highest BCUT2D eigenvalue weighted by Gasteiger charge is 2.30. The molecule has 0 amide bonds. The van der Waals surface area contributed by atoms with Crippen LogP contribution in [0.25, 0.3) is 0 Å². The molecule has 0 aliphatic heterocycles. The topological polar surface area (TPSA) is 40.6 Å². The van der Waals surface area contributed by atoms with Crippen LogP contribution in [-0.2, 0) is 10.2 Å². The Morgan fingerprint density at radius 3 is 2.12 bits per heavy atom. The van der Waals surface area contributed by atoms with Crippen LogP contribution in [0.15, 0.2) is 0 Å². The highest BCUT2D eigenvalue weighted by atomic mass is 35.5. The largest absolute Gasteiger partial charge is 0.282 e. The third-order valence-electron chi connectivity index (χ3n) is 2.09. The van der Waals surface area contributed by atoms with Gasteiger partial charge in [0.15, 0.2) is 0 Å². The number of hydrogen-bond donors (Lipinski definition) is 0. The standard InChI is InChI=1S/C8H17ClF2N2O2S/c1-7(2)12(3)16(14,15)13(5-4-9)6-8(10)11/h7-8H,4-6H2,1-3H3. The first-order valence-electron chi connectivity index (χ1n) is 4.80. The van der Waals surface area contributed by atoms with Crippen molar-refractivity contribution in [2.75, 3.05) is 26.0 Å². The molecule has 0 aliphatic rings. The van der Waals surface area contributed by atoms with Crippen LogP contribution < -0.4 is 0 Å². The van der Waals surface area contributed by atoms with E-state index in [1.54, 1.807) is 13.8 Å². The van der Waals surface area contributed by atoms with Crippen LogP contribution in [0, 0.1) is 0 Å². The van der Waals surface area contributed by atoms with Crippen molar-refractivity contribution in [3.63, 3.8) is 0 Å². The van der Waals surface area contributed by atoms with E-state index >= 15 is 0 Å². The lowest BCUT2D eigenvalue weighted by molar-refractivity contribution is 0.118. The maximum absolute atomic E-state index is 12.2. The van der Waals surface area contributed by atoms with Gasteiger partial charge in [-0.2, -0.15) is 17.0 Å². The van der Waals surface area contributed by atoms with Crippen molar-refractivity contribution in [1.82, 2.24) is 8.61 Å². The average molecular weight is 279 g/mol. The van der Waals surface area contributed by atoms with Gasteiger partial charge < -0.3 is 0 Å². The van der Waals surface area contributed by atoms with Crippen LogP contribution in [0.1, 0.15) is 13.8 Å². The van der Waals surface area contributed by atoms with Gasteiger partial charge in [-0.05, 0) is 13.8 Å². The van der Waals surface area contributed by atoms with E-state index < -0.39 is 23.2 Å². The number of rotatable bonds is 7. The summed E-state index contributed by atoms with van der Waals surface area (Å²) in [5, 5.41) is 0. The second-order valence-electron chi connectivity index (χ2n) is 3.56. The fraction of sp³-hybridized carbons (Fsp3) is 1.00. The SMILES string of the molecule is CC(C)N(C)S(=O)(=O)N(CCCl)CC(F)F. The van der Waals surface area contributed by atoms with Crippen LogP contribution >= 0.6 is 11.6 Å². The Kier molecular flexibility index (Phi) is 6.69. The van der Waals surface area contributed by atoms with Crippen molar-refractivity contribution in [3.8, 4) is 0 Å². The van der Waals surface area contributed by atoms with Gasteiger partial charge in [0.1, 0.15) is 0 Å². The molecule has 0 radical (unpaired) electrons. The molecule has 0 saturated heterocycles. The molecule has 4 nitrogen and oxygen atoms in total. The molecule has 0 rings (SSSR count). The molecule has 0 aromatic carbocycles. The predicted octanol–water partition coefficient (Wildman–Crippen LogP) is 1.38. The molecule has 0 fully saturated rings.